The highest BCUT2D eigenvalue weighted by atomic mass is 19.1. The second-order valence-electron chi connectivity index (χ2n) is 2.94. The first-order valence-corrected chi connectivity index (χ1v) is 4.20. The molecule has 1 unspecified atom stereocenters. The van der Waals surface area contributed by atoms with Crippen molar-refractivity contribution in [2.45, 2.75) is 6.92 Å². The zero-order valence-electron chi connectivity index (χ0n) is 7.92. The van der Waals surface area contributed by atoms with E-state index in [0.717, 1.165) is 12.1 Å². The predicted octanol–water partition coefficient (Wildman–Crippen LogP) is 2.06. The first-order valence-electron chi connectivity index (χ1n) is 4.20. The van der Waals surface area contributed by atoms with Crippen LogP contribution in [0.3, 0.4) is 0 Å². The zero-order chi connectivity index (χ0) is 11.4. The molecule has 0 aliphatic rings. The molecule has 0 aromatic heterocycles. The Hall–Kier alpha value is -1.96. The Morgan fingerprint density at radius 2 is 2.00 bits per heavy atom. The van der Waals surface area contributed by atoms with Crippen molar-refractivity contribution in [3.8, 4) is 6.07 Å². The maximum Gasteiger partial charge on any atom is 0.241 e. The SMILES string of the molecule is CC(C#N)C(=O)Nc1c(F)cccc1F. The summed E-state index contributed by atoms with van der Waals surface area (Å²) in [5.41, 5.74) is -0.524. The van der Waals surface area contributed by atoms with Gasteiger partial charge in [0.1, 0.15) is 23.2 Å². The van der Waals surface area contributed by atoms with Gasteiger partial charge in [-0.15, -0.1) is 0 Å². The Morgan fingerprint density at radius 1 is 1.47 bits per heavy atom. The molecule has 1 rings (SSSR count). The third-order valence-electron chi connectivity index (χ3n) is 1.80. The van der Waals surface area contributed by atoms with Gasteiger partial charge in [-0.1, -0.05) is 6.07 Å². The molecule has 0 bridgehead atoms. The molecule has 1 atom stereocenters. The van der Waals surface area contributed by atoms with E-state index in [1.54, 1.807) is 6.07 Å². The summed E-state index contributed by atoms with van der Waals surface area (Å²) < 4.78 is 26.1. The summed E-state index contributed by atoms with van der Waals surface area (Å²) >= 11 is 0. The molecule has 15 heavy (non-hydrogen) atoms. The van der Waals surface area contributed by atoms with E-state index in [-0.39, 0.29) is 0 Å². The van der Waals surface area contributed by atoms with Crippen LogP contribution in [-0.2, 0) is 4.79 Å². The van der Waals surface area contributed by atoms with Crippen molar-refractivity contribution in [2.75, 3.05) is 5.32 Å². The summed E-state index contributed by atoms with van der Waals surface area (Å²) in [4.78, 5) is 11.2. The van der Waals surface area contributed by atoms with E-state index in [9.17, 15) is 13.6 Å². The number of halogens is 2. The molecule has 5 heteroatoms. The lowest BCUT2D eigenvalue weighted by Crippen LogP contribution is -2.20. The van der Waals surface area contributed by atoms with Gasteiger partial charge in [0.15, 0.2) is 0 Å². The number of nitrogens with zero attached hydrogens (tertiary/aromatic N) is 1. The number of nitrogens with one attached hydrogen (secondary N) is 1. The molecular formula is C10H8F2N2O. The van der Waals surface area contributed by atoms with E-state index in [0.29, 0.717) is 0 Å². The van der Waals surface area contributed by atoms with Gasteiger partial charge in [-0.3, -0.25) is 4.79 Å². The number of para-hydroxylation sites is 1. The Kier molecular flexibility index (Phi) is 3.34. The van der Waals surface area contributed by atoms with Crippen LogP contribution < -0.4 is 5.32 Å². The van der Waals surface area contributed by atoms with Crippen molar-refractivity contribution >= 4 is 11.6 Å². The van der Waals surface area contributed by atoms with E-state index < -0.39 is 29.1 Å². The molecule has 78 valence electrons. The fraction of sp³-hybridized carbons (Fsp3) is 0.200. The smallest absolute Gasteiger partial charge is 0.241 e. The normalized spacial score (nSPS) is 11.6. The summed E-state index contributed by atoms with van der Waals surface area (Å²) in [6.07, 6.45) is 0. The van der Waals surface area contributed by atoms with Crippen LogP contribution in [0.4, 0.5) is 14.5 Å². The number of nitriles is 1. The molecule has 3 nitrogen and oxygen atoms in total. The third kappa shape index (κ3) is 2.50. The molecule has 0 radical (unpaired) electrons. The molecule has 0 saturated carbocycles. The molecule has 1 N–H and O–H groups in total. The van der Waals surface area contributed by atoms with Crippen molar-refractivity contribution in [1.29, 1.82) is 5.26 Å². The molecule has 0 spiro atoms. The Labute approximate surface area is 85.3 Å². The van der Waals surface area contributed by atoms with Crippen molar-refractivity contribution in [2.24, 2.45) is 5.92 Å². The minimum Gasteiger partial charge on any atom is -0.320 e. The van der Waals surface area contributed by atoms with Gasteiger partial charge in [0, 0.05) is 0 Å². The van der Waals surface area contributed by atoms with Gasteiger partial charge < -0.3 is 5.32 Å². The molecular weight excluding hydrogens is 202 g/mol. The number of benzene rings is 1. The summed E-state index contributed by atoms with van der Waals surface area (Å²) in [5, 5.41) is 10.4. The van der Waals surface area contributed by atoms with Crippen LogP contribution in [0.5, 0.6) is 0 Å². The Bertz CT molecular complexity index is 406. The fourth-order valence-electron chi connectivity index (χ4n) is 0.907. The number of rotatable bonds is 2. The number of amides is 1. The lowest BCUT2D eigenvalue weighted by molar-refractivity contribution is -0.118. The summed E-state index contributed by atoms with van der Waals surface area (Å²) in [7, 11) is 0. The van der Waals surface area contributed by atoms with Crippen molar-refractivity contribution < 1.29 is 13.6 Å². The van der Waals surface area contributed by atoms with E-state index >= 15 is 0 Å². The highest BCUT2D eigenvalue weighted by Gasteiger charge is 2.16. The number of carbonyl (C=O) groups excluding carboxylic acids is 1. The fourth-order valence-corrected chi connectivity index (χ4v) is 0.907. The second kappa shape index (κ2) is 4.51. The van der Waals surface area contributed by atoms with Crippen molar-refractivity contribution in [3.63, 3.8) is 0 Å². The van der Waals surface area contributed by atoms with Gasteiger partial charge in [0.2, 0.25) is 5.91 Å². The summed E-state index contributed by atoms with van der Waals surface area (Å²) in [6, 6.07) is 4.90. The van der Waals surface area contributed by atoms with Gasteiger partial charge in [0.05, 0.1) is 6.07 Å². The topological polar surface area (TPSA) is 52.9 Å². The first-order chi connectivity index (χ1) is 7.06. The lowest BCUT2D eigenvalue weighted by atomic mass is 10.2. The van der Waals surface area contributed by atoms with Gasteiger partial charge in [-0.25, -0.2) is 8.78 Å². The van der Waals surface area contributed by atoms with Gasteiger partial charge >= 0.3 is 0 Å². The van der Waals surface area contributed by atoms with Gasteiger partial charge in [-0.2, -0.15) is 5.26 Å². The quantitative estimate of drug-likeness (QED) is 0.812. The van der Waals surface area contributed by atoms with E-state index in [4.69, 9.17) is 5.26 Å². The minimum absolute atomic E-state index is 0.524. The number of hydrogen-bond donors (Lipinski definition) is 1. The first kappa shape index (κ1) is 11.1. The Morgan fingerprint density at radius 3 is 2.47 bits per heavy atom. The molecule has 1 aromatic rings. The molecule has 0 fully saturated rings. The largest absolute Gasteiger partial charge is 0.320 e. The minimum atomic E-state index is -0.955. The number of carbonyl (C=O) groups is 1. The molecule has 0 heterocycles. The van der Waals surface area contributed by atoms with Crippen LogP contribution >= 0.6 is 0 Å². The van der Waals surface area contributed by atoms with Gasteiger partial charge in [0.25, 0.3) is 0 Å². The molecule has 0 aliphatic carbocycles. The average Bonchev–Trinajstić information content (AvgIpc) is 2.22. The number of hydrogen-bond acceptors (Lipinski definition) is 2. The van der Waals surface area contributed by atoms with Crippen molar-refractivity contribution in [3.05, 3.63) is 29.8 Å². The van der Waals surface area contributed by atoms with Crippen LogP contribution in [0.2, 0.25) is 0 Å². The molecule has 0 aliphatic heterocycles. The third-order valence-corrected chi connectivity index (χ3v) is 1.80. The summed E-state index contributed by atoms with van der Waals surface area (Å²) in [6.45, 7) is 1.34. The Balaban J connectivity index is 2.91. The molecule has 1 amide bonds. The van der Waals surface area contributed by atoms with Crippen LogP contribution in [0.15, 0.2) is 18.2 Å². The van der Waals surface area contributed by atoms with Crippen LogP contribution in [-0.4, -0.2) is 5.91 Å². The predicted molar refractivity (Wildman–Crippen MR) is 49.8 cm³/mol. The van der Waals surface area contributed by atoms with E-state index in [1.165, 1.54) is 13.0 Å². The number of anilines is 1. The van der Waals surface area contributed by atoms with Crippen LogP contribution in [0.1, 0.15) is 6.92 Å². The van der Waals surface area contributed by atoms with Crippen LogP contribution in [0, 0.1) is 28.9 Å². The van der Waals surface area contributed by atoms with E-state index in [1.807, 2.05) is 5.32 Å². The molecule has 1 aromatic carbocycles. The average molecular weight is 210 g/mol. The van der Waals surface area contributed by atoms with Crippen molar-refractivity contribution in [1.82, 2.24) is 0 Å². The maximum atomic E-state index is 13.0. The molecule has 0 saturated heterocycles. The standard InChI is InChI=1S/C10H8F2N2O/c1-6(5-13)10(15)14-9-7(11)3-2-4-8(9)12/h2-4,6H,1H3,(H,14,15). The maximum absolute atomic E-state index is 13.0. The van der Waals surface area contributed by atoms with E-state index in [2.05, 4.69) is 0 Å². The second-order valence-corrected chi connectivity index (χ2v) is 2.94. The summed E-state index contributed by atoms with van der Waals surface area (Å²) in [5.74, 6) is -3.42. The highest BCUT2D eigenvalue weighted by Crippen LogP contribution is 2.18. The lowest BCUT2D eigenvalue weighted by Gasteiger charge is -2.07. The highest BCUT2D eigenvalue weighted by molar-refractivity contribution is 5.94. The van der Waals surface area contributed by atoms with Gasteiger partial charge in [-0.05, 0) is 19.1 Å². The van der Waals surface area contributed by atoms with Crippen LogP contribution in [0.25, 0.3) is 0 Å². The monoisotopic (exact) mass is 210 g/mol. The zero-order valence-corrected chi connectivity index (χ0v) is 7.92.